The Bertz CT molecular complexity index is 36.0. The fourth-order valence-corrected chi connectivity index (χ4v) is 0.471. The number of hydrogen-bond acceptors (Lipinski definition) is 0. The van der Waals surface area contributed by atoms with Crippen LogP contribution in [0.2, 0.25) is 0 Å². The average Bonchev–Trinajstić information content (AvgIpc) is 1.61. The lowest BCUT2D eigenvalue weighted by Gasteiger charge is -2.04. The van der Waals surface area contributed by atoms with Gasteiger partial charge in [0.1, 0.15) is 0 Å². The quantitative estimate of drug-likeness (QED) is 0.526. The molecule has 0 aliphatic carbocycles. The van der Waals surface area contributed by atoms with Crippen LogP contribution < -0.4 is 0 Å². The Morgan fingerprint density at radius 1 is 1.38 bits per heavy atom. The molecular formula is C8H16. The monoisotopic (exact) mass is 112 g/mol. The van der Waals surface area contributed by atoms with Crippen molar-refractivity contribution < 1.29 is 0 Å². The predicted molar refractivity (Wildman–Crippen MR) is 38.3 cm³/mol. The molecule has 0 fully saturated rings. The third-order valence-corrected chi connectivity index (χ3v) is 0.998. The summed E-state index contributed by atoms with van der Waals surface area (Å²) in [6.45, 7) is 8.75. The largest absolute Gasteiger partial charge is 0.0625 e. The van der Waals surface area contributed by atoms with E-state index < -0.39 is 0 Å². The third-order valence-electron chi connectivity index (χ3n) is 0.998. The van der Waals surface area contributed by atoms with E-state index in [1.165, 1.54) is 12.3 Å². The fourth-order valence-electron chi connectivity index (χ4n) is 0.471. The zero-order chi connectivity index (χ0) is 6.57. The van der Waals surface area contributed by atoms with E-state index in [9.17, 15) is 0 Å². The molecule has 0 aromatic carbocycles. The molecule has 0 heteroatoms. The molecule has 2 radical (unpaired) electrons. The van der Waals surface area contributed by atoms with Crippen LogP contribution in [-0.2, 0) is 0 Å². The van der Waals surface area contributed by atoms with E-state index in [-0.39, 0.29) is 0 Å². The van der Waals surface area contributed by atoms with Crippen molar-refractivity contribution in [2.75, 3.05) is 0 Å². The van der Waals surface area contributed by atoms with Gasteiger partial charge in [-0.15, -0.1) is 0 Å². The molecular weight excluding hydrogens is 96.1 g/mol. The lowest BCUT2D eigenvalue weighted by molar-refractivity contribution is 0.706. The molecule has 0 saturated heterocycles. The maximum Gasteiger partial charge on any atom is -0.0300 e. The van der Waals surface area contributed by atoms with Crippen molar-refractivity contribution in [1.82, 2.24) is 0 Å². The second-order valence-electron chi connectivity index (χ2n) is 2.89. The number of rotatable bonds is 3. The van der Waals surface area contributed by atoms with Gasteiger partial charge >= 0.3 is 0 Å². The summed E-state index contributed by atoms with van der Waals surface area (Å²) in [5, 5.41) is 0. The van der Waals surface area contributed by atoms with Gasteiger partial charge in [-0.05, 0) is 24.7 Å². The minimum absolute atomic E-state index is 0.741. The van der Waals surface area contributed by atoms with Crippen molar-refractivity contribution in [3.63, 3.8) is 0 Å². The maximum atomic E-state index is 2.33. The van der Waals surface area contributed by atoms with E-state index in [0.29, 0.717) is 0 Å². The molecule has 0 aliphatic rings. The second-order valence-corrected chi connectivity index (χ2v) is 2.89. The second kappa shape index (κ2) is 3.94. The van der Waals surface area contributed by atoms with Crippen molar-refractivity contribution in [3.05, 3.63) is 12.3 Å². The van der Waals surface area contributed by atoms with Crippen LogP contribution in [-0.4, -0.2) is 0 Å². The Morgan fingerprint density at radius 2 is 1.88 bits per heavy atom. The van der Waals surface area contributed by atoms with E-state index in [2.05, 4.69) is 34.1 Å². The smallest absolute Gasteiger partial charge is 0.0300 e. The summed E-state index contributed by atoms with van der Waals surface area (Å²) in [6, 6.07) is 0. The highest BCUT2D eigenvalue weighted by Gasteiger charge is 1.96. The molecule has 0 atom stereocenters. The van der Waals surface area contributed by atoms with Gasteiger partial charge in [0.2, 0.25) is 0 Å². The van der Waals surface area contributed by atoms with Crippen LogP contribution in [0.25, 0.3) is 0 Å². The Hall–Kier alpha value is 0. The van der Waals surface area contributed by atoms with Gasteiger partial charge in [0, 0.05) is 0 Å². The van der Waals surface area contributed by atoms with Crippen LogP contribution in [0, 0.1) is 18.3 Å². The highest BCUT2D eigenvalue weighted by molar-refractivity contribution is 4.86. The minimum Gasteiger partial charge on any atom is -0.0625 e. The molecule has 0 amide bonds. The molecule has 8 heavy (non-hydrogen) atoms. The maximum absolute atomic E-state index is 2.33. The van der Waals surface area contributed by atoms with Crippen LogP contribution in [0.15, 0.2) is 0 Å². The summed E-state index contributed by atoms with van der Waals surface area (Å²) in [5.74, 6) is 2.24. The standard InChI is InChI=1S/C8H16/c1-7(2)5-6-8(3)4/h5,7H,6H2,1-4H3. The molecule has 0 aromatic heterocycles. The Labute approximate surface area is 53.3 Å². The first-order valence-electron chi connectivity index (χ1n) is 3.25. The van der Waals surface area contributed by atoms with Gasteiger partial charge in [-0.25, -0.2) is 0 Å². The van der Waals surface area contributed by atoms with Crippen LogP contribution in [0.4, 0.5) is 0 Å². The van der Waals surface area contributed by atoms with Gasteiger partial charge in [-0.2, -0.15) is 0 Å². The first-order chi connectivity index (χ1) is 3.63. The first-order valence-corrected chi connectivity index (χ1v) is 3.25. The summed E-state index contributed by atoms with van der Waals surface area (Å²) in [5.41, 5.74) is 0. The van der Waals surface area contributed by atoms with Crippen LogP contribution in [0.1, 0.15) is 34.1 Å². The van der Waals surface area contributed by atoms with Crippen molar-refractivity contribution in [2.24, 2.45) is 5.92 Å². The summed E-state index contributed by atoms with van der Waals surface area (Å²) in [7, 11) is 0. The topological polar surface area (TPSA) is 0 Å². The third kappa shape index (κ3) is 6.00. The van der Waals surface area contributed by atoms with Crippen molar-refractivity contribution >= 4 is 0 Å². The van der Waals surface area contributed by atoms with E-state index in [4.69, 9.17) is 0 Å². The van der Waals surface area contributed by atoms with E-state index in [0.717, 1.165) is 5.92 Å². The van der Waals surface area contributed by atoms with E-state index in [1.54, 1.807) is 0 Å². The molecule has 0 saturated carbocycles. The molecule has 0 bridgehead atoms. The fraction of sp³-hybridized carbons (Fsp3) is 0.750. The molecule has 0 rings (SSSR count). The molecule has 0 heterocycles. The Morgan fingerprint density at radius 3 is 2.00 bits per heavy atom. The zero-order valence-electron chi connectivity index (χ0n) is 6.36. The molecule has 0 aliphatic heterocycles. The molecule has 0 aromatic rings. The molecule has 0 nitrogen and oxygen atoms in total. The SMILES string of the molecule is C[C](C)C[CH]C(C)C. The predicted octanol–water partition coefficient (Wildman–Crippen LogP) is 2.85. The zero-order valence-corrected chi connectivity index (χ0v) is 6.36. The minimum atomic E-state index is 0.741. The summed E-state index contributed by atoms with van der Waals surface area (Å²) in [4.78, 5) is 0. The van der Waals surface area contributed by atoms with Crippen molar-refractivity contribution in [2.45, 2.75) is 34.1 Å². The van der Waals surface area contributed by atoms with Gasteiger partial charge in [0.15, 0.2) is 0 Å². The van der Waals surface area contributed by atoms with E-state index >= 15 is 0 Å². The molecule has 0 unspecified atom stereocenters. The molecule has 0 N–H and O–H groups in total. The lowest BCUT2D eigenvalue weighted by Crippen LogP contribution is -1.91. The van der Waals surface area contributed by atoms with Gasteiger partial charge in [-0.3, -0.25) is 0 Å². The lowest BCUT2D eigenvalue weighted by atomic mass is 10.0. The summed E-state index contributed by atoms with van der Waals surface area (Å²) >= 11 is 0. The van der Waals surface area contributed by atoms with Crippen LogP contribution >= 0.6 is 0 Å². The molecule has 0 spiro atoms. The van der Waals surface area contributed by atoms with Crippen LogP contribution in [0.5, 0.6) is 0 Å². The Balaban J connectivity index is 2.93. The van der Waals surface area contributed by atoms with Gasteiger partial charge in [0.05, 0.1) is 0 Å². The van der Waals surface area contributed by atoms with Gasteiger partial charge in [0.25, 0.3) is 0 Å². The normalized spacial score (nSPS) is 11.2. The first kappa shape index (κ1) is 8.00. The highest BCUT2D eigenvalue weighted by atomic mass is 14.0. The van der Waals surface area contributed by atoms with Gasteiger partial charge in [-0.1, -0.05) is 27.7 Å². The van der Waals surface area contributed by atoms with Gasteiger partial charge < -0.3 is 0 Å². The summed E-state index contributed by atoms with van der Waals surface area (Å²) in [6.07, 6.45) is 3.51. The average molecular weight is 112 g/mol. The summed E-state index contributed by atoms with van der Waals surface area (Å²) < 4.78 is 0. The highest BCUT2D eigenvalue weighted by Crippen LogP contribution is 2.10. The van der Waals surface area contributed by atoms with Crippen LogP contribution in [0.3, 0.4) is 0 Å². The van der Waals surface area contributed by atoms with E-state index in [1.807, 2.05) is 0 Å². The Kier molecular flexibility index (Phi) is 3.94. The number of hydrogen-bond donors (Lipinski definition) is 0. The van der Waals surface area contributed by atoms with Crippen molar-refractivity contribution in [3.8, 4) is 0 Å². The molecule has 48 valence electrons. The van der Waals surface area contributed by atoms with Crippen molar-refractivity contribution in [1.29, 1.82) is 0 Å².